The quantitative estimate of drug-likeness (QED) is 0.733. The van der Waals surface area contributed by atoms with Gasteiger partial charge in [-0.1, -0.05) is 24.0 Å². The van der Waals surface area contributed by atoms with Crippen LogP contribution in [0.3, 0.4) is 0 Å². The van der Waals surface area contributed by atoms with Crippen LogP contribution in [0.4, 0.5) is 0 Å². The van der Waals surface area contributed by atoms with Crippen molar-refractivity contribution in [2.45, 2.75) is 13.3 Å². The number of amides is 1. The lowest BCUT2D eigenvalue weighted by Gasteiger charge is -1.97. The first-order valence-electron chi connectivity index (χ1n) is 5.15. The van der Waals surface area contributed by atoms with Crippen molar-refractivity contribution in [2.75, 3.05) is 13.2 Å². The van der Waals surface area contributed by atoms with Crippen LogP contribution < -0.4 is 5.32 Å². The second-order valence-corrected chi connectivity index (χ2v) is 3.38. The maximum Gasteiger partial charge on any atom is 0.217 e. The molecule has 84 valence electrons. The smallest absolute Gasteiger partial charge is 0.217 e. The zero-order chi connectivity index (χ0) is 11.8. The first-order valence-corrected chi connectivity index (χ1v) is 5.15. The van der Waals surface area contributed by atoms with E-state index in [1.807, 2.05) is 24.3 Å². The summed E-state index contributed by atoms with van der Waals surface area (Å²) in [4.78, 5) is 10.6. The van der Waals surface area contributed by atoms with Gasteiger partial charge in [-0.25, -0.2) is 0 Å². The minimum Gasteiger partial charge on any atom is -0.396 e. The van der Waals surface area contributed by atoms with Gasteiger partial charge in [-0.15, -0.1) is 0 Å². The number of carbonyl (C=O) groups excluding carboxylic acids is 1. The molecule has 1 rings (SSSR count). The van der Waals surface area contributed by atoms with Crippen molar-refractivity contribution in [3.63, 3.8) is 0 Å². The predicted octanol–water partition coefficient (Wildman–Crippen LogP) is 0.709. The number of carbonyl (C=O) groups is 1. The molecular formula is C13H15NO2. The van der Waals surface area contributed by atoms with E-state index in [0.29, 0.717) is 13.0 Å². The Labute approximate surface area is 95.5 Å². The number of nitrogens with one attached hydrogen (secondary N) is 1. The van der Waals surface area contributed by atoms with E-state index < -0.39 is 0 Å². The lowest BCUT2D eigenvalue weighted by molar-refractivity contribution is -0.118. The highest BCUT2D eigenvalue weighted by molar-refractivity contribution is 5.73. The fourth-order valence-electron chi connectivity index (χ4n) is 1.20. The lowest BCUT2D eigenvalue weighted by Crippen LogP contribution is -2.19. The summed E-state index contributed by atoms with van der Waals surface area (Å²) in [5.41, 5.74) is 2.00. The Bertz CT molecular complexity index is 398. The minimum atomic E-state index is -0.0763. The molecule has 0 fully saturated rings. The first kappa shape index (κ1) is 12.3. The molecule has 0 bridgehead atoms. The molecule has 0 radical (unpaired) electrons. The summed E-state index contributed by atoms with van der Waals surface area (Å²) < 4.78 is 0. The average molecular weight is 217 g/mol. The Kier molecular flexibility index (Phi) is 5.10. The first-order chi connectivity index (χ1) is 7.72. The molecule has 3 heteroatoms. The van der Waals surface area contributed by atoms with E-state index in [9.17, 15) is 4.79 Å². The zero-order valence-corrected chi connectivity index (χ0v) is 9.29. The van der Waals surface area contributed by atoms with Gasteiger partial charge in [-0.2, -0.15) is 0 Å². The fraction of sp³-hybridized carbons (Fsp3) is 0.308. The number of aliphatic hydroxyl groups excluding tert-OH is 1. The SMILES string of the molecule is CC(=O)NCC#Cc1ccc(CCO)cc1. The van der Waals surface area contributed by atoms with E-state index in [0.717, 1.165) is 11.1 Å². The lowest BCUT2D eigenvalue weighted by atomic mass is 10.1. The number of hydrogen-bond donors (Lipinski definition) is 2. The molecule has 2 N–H and O–H groups in total. The molecule has 0 aliphatic heterocycles. The summed E-state index contributed by atoms with van der Waals surface area (Å²) >= 11 is 0. The highest BCUT2D eigenvalue weighted by Gasteiger charge is 1.91. The largest absolute Gasteiger partial charge is 0.396 e. The summed E-state index contributed by atoms with van der Waals surface area (Å²) in [6, 6.07) is 7.70. The third kappa shape index (κ3) is 4.63. The van der Waals surface area contributed by atoms with Crippen LogP contribution in [0.5, 0.6) is 0 Å². The van der Waals surface area contributed by atoms with E-state index in [-0.39, 0.29) is 12.5 Å². The number of benzene rings is 1. The van der Waals surface area contributed by atoms with Crippen molar-refractivity contribution in [3.05, 3.63) is 35.4 Å². The van der Waals surface area contributed by atoms with Gasteiger partial charge in [0, 0.05) is 19.1 Å². The van der Waals surface area contributed by atoms with Gasteiger partial charge < -0.3 is 10.4 Å². The van der Waals surface area contributed by atoms with Gasteiger partial charge >= 0.3 is 0 Å². The Morgan fingerprint density at radius 3 is 2.62 bits per heavy atom. The standard InChI is InChI=1S/C13H15NO2/c1-11(16)14-9-2-3-12-4-6-13(7-5-12)8-10-15/h4-7,15H,8-10H2,1H3,(H,14,16). The van der Waals surface area contributed by atoms with Crippen LogP contribution in [0.15, 0.2) is 24.3 Å². The topological polar surface area (TPSA) is 49.3 Å². The molecule has 0 saturated carbocycles. The Balaban J connectivity index is 2.51. The van der Waals surface area contributed by atoms with Crippen LogP contribution in [0.25, 0.3) is 0 Å². The van der Waals surface area contributed by atoms with E-state index in [1.165, 1.54) is 6.92 Å². The molecule has 3 nitrogen and oxygen atoms in total. The van der Waals surface area contributed by atoms with Crippen LogP contribution in [0, 0.1) is 11.8 Å². The van der Waals surface area contributed by atoms with Gasteiger partial charge in [-0.05, 0) is 24.1 Å². The van der Waals surface area contributed by atoms with E-state index in [4.69, 9.17) is 5.11 Å². The molecule has 0 aliphatic carbocycles. The second kappa shape index (κ2) is 6.65. The van der Waals surface area contributed by atoms with Crippen LogP contribution in [0.2, 0.25) is 0 Å². The molecule has 1 aromatic carbocycles. The molecule has 0 aromatic heterocycles. The summed E-state index contributed by atoms with van der Waals surface area (Å²) in [5.74, 6) is 5.72. The van der Waals surface area contributed by atoms with Gasteiger partial charge in [-0.3, -0.25) is 4.79 Å². The van der Waals surface area contributed by atoms with E-state index >= 15 is 0 Å². The summed E-state index contributed by atoms with van der Waals surface area (Å²) in [5, 5.41) is 11.3. The molecule has 0 saturated heterocycles. The molecular weight excluding hydrogens is 202 g/mol. The van der Waals surface area contributed by atoms with Crippen molar-refractivity contribution in [1.29, 1.82) is 0 Å². The van der Waals surface area contributed by atoms with Gasteiger partial charge in [0.05, 0.1) is 6.54 Å². The average Bonchev–Trinajstić information content (AvgIpc) is 2.27. The highest BCUT2D eigenvalue weighted by Crippen LogP contribution is 2.03. The Hall–Kier alpha value is -1.79. The van der Waals surface area contributed by atoms with E-state index in [1.54, 1.807) is 0 Å². The molecule has 0 aliphatic rings. The summed E-state index contributed by atoms with van der Waals surface area (Å²) in [6.45, 7) is 1.99. The van der Waals surface area contributed by atoms with Crippen molar-refractivity contribution < 1.29 is 9.90 Å². The Morgan fingerprint density at radius 2 is 2.06 bits per heavy atom. The number of hydrogen-bond acceptors (Lipinski definition) is 2. The monoisotopic (exact) mass is 217 g/mol. The van der Waals surface area contributed by atoms with Crippen molar-refractivity contribution in [1.82, 2.24) is 5.32 Å². The number of aliphatic hydroxyl groups is 1. The molecule has 0 spiro atoms. The maximum atomic E-state index is 10.6. The van der Waals surface area contributed by atoms with Crippen LogP contribution in [0.1, 0.15) is 18.1 Å². The normalized spacial score (nSPS) is 9.12. The zero-order valence-electron chi connectivity index (χ0n) is 9.29. The third-order valence-electron chi connectivity index (χ3n) is 2.01. The fourth-order valence-corrected chi connectivity index (χ4v) is 1.20. The van der Waals surface area contributed by atoms with Crippen molar-refractivity contribution >= 4 is 5.91 Å². The van der Waals surface area contributed by atoms with Gasteiger partial charge in [0.25, 0.3) is 0 Å². The predicted molar refractivity (Wildman–Crippen MR) is 62.8 cm³/mol. The van der Waals surface area contributed by atoms with E-state index in [2.05, 4.69) is 17.2 Å². The van der Waals surface area contributed by atoms with Crippen LogP contribution in [-0.2, 0) is 11.2 Å². The highest BCUT2D eigenvalue weighted by atomic mass is 16.2. The maximum absolute atomic E-state index is 10.6. The Morgan fingerprint density at radius 1 is 1.38 bits per heavy atom. The molecule has 1 amide bonds. The molecule has 1 aromatic rings. The molecule has 0 unspecified atom stereocenters. The van der Waals surface area contributed by atoms with Gasteiger partial charge in [0.15, 0.2) is 0 Å². The van der Waals surface area contributed by atoms with Gasteiger partial charge in [0.2, 0.25) is 5.91 Å². The molecule has 0 heterocycles. The van der Waals surface area contributed by atoms with Crippen LogP contribution >= 0.6 is 0 Å². The second-order valence-electron chi connectivity index (χ2n) is 3.38. The molecule has 16 heavy (non-hydrogen) atoms. The summed E-state index contributed by atoms with van der Waals surface area (Å²) in [7, 11) is 0. The number of rotatable bonds is 3. The minimum absolute atomic E-state index is 0.0763. The van der Waals surface area contributed by atoms with Crippen molar-refractivity contribution in [2.24, 2.45) is 0 Å². The third-order valence-corrected chi connectivity index (χ3v) is 2.01. The van der Waals surface area contributed by atoms with Crippen molar-refractivity contribution in [3.8, 4) is 11.8 Å². The van der Waals surface area contributed by atoms with Gasteiger partial charge in [0.1, 0.15) is 0 Å². The molecule has 0 atom stereocenters. The summed E-state index contributed by atoms with van der Waals surface area (Å²) in [6.07, 6.45) is 0.666. The van der Waals surface area contributed by atoms with Crippen LogP contribution in [-0.4, -0.2) is 24.2 Å².